The Morgan fingerprint density at radius 1 is 1.06 bits per heavy atom. The molecule has 0 spiro atoms. The Kier molecular flexibility index (Phi) is 6.44. The van der Waals surface area contributed by atoms with Crippen LogP contribution in [0.1, 0.15) is 34.6 Å². The highest BCUT2D eigenvalue weighted by Crippen LogP contribution is 2.25. The van der Waals surface area contributed by atoms with Crippen molar-refractivity contribution < 1.29 is 23.5 Å². The first kappa shape index (κ1) is 22.8. The second-order valence-electron chi connectivity index (χ2n) is 7.49. The molecule has 2 aromatic carbocycles. The molecule has 0 fully saturated rings. The second kappa shape index (κ2) is 9.62. The van der Waals surface area contributed by atoms with Gasteiger partial charge in [-0.05, 0) is 31.2 Å². The summed E-state index contributed by atoms with van der Waals surface area (Å²) in [5, 5.41) is 7.20. The zero-order valence-corrected chi connectivity index (χ0v) is 18.5. The van der Waals surface area contributed by atoms with E-state index >= 15 is 0 Å². The van der Waals surface area contributed by atoms with Crippen molar-refractivity contribution in [2.75, 3.05) is 11.9 Å². The summed E-state index contributed by atoms with van der Waals surface area (Å²) in [7, 11) is 0. The number of halogens is 1. The molecule has 1 amide bonds. The SMILES string of the molecule is CCn1ncc2c(C(=O)OCC(=O)c3ccc(NC(C)=O)cc3F)cc(-c3ccccc3)nc21. The minimum absolute atomic E-state index is 0.206. The zero-order chi connectivity index (χ0) is 24.2. The molecule has 1 N–H and O–H groups in total. The van der Waals surface area contributed by atoms with Crippen molar-refractivity contribution in [3.63, 3.8) is 0 Å². The van der Waals surface area contributed by atoms with Gasteiger partial charge in [-0.15, -0.1) is 0 Å². The summed E-state index contributed by atoms with van der Waals surface area (Å²) in [6.45, 7) is 3.10. The van der Waals surface area contributed by atoms with Crippen LogP contribution in [-0.2, 0) is 16.1 Å². The summed E-state index contributed by atoms with van der Waals surface area (Å²) >= 11 is 0. The lowest BCUT2D eigenvalue weighted by molar-refractivity contribution is -0.114. The molecule has 0 atom stereocenters. The molecule has 4 aromatic rings. The topological polar surface area (TPSA) is 103 Å². The van der Waals surface area contributed by atoms with E-state index < -0.39 is 24.2 Å². The Morgan fingerprint density at radius 2 is 1.82 bits per heavy atom. The number of amides is 1. The van der Waals surface area contributed by atoms with Crippen LogP contribution in [0.25, 0.3) is 22.3 Å². The molecule has 0 aliphatic heterocycles. The fourth-order valence-corrected chi connectivity index (χ4v) is 3.51. The van der Waals surface area contributed by atoms with Crippen LogP contribution in [0.4, 0.5) is 10.1 Å². The number of fused-ring (bicyclic) bond motifs is 1. The molecule has 0 bridgehead atoms. The van der Waals surface area contributed by atoms with Crippen molar-refractivity contribution in [3.8, 4) is 11.3 Å². The minimum Gasteiger partial charge on any atom is -0.454 e. The van der Waals surface area contributed by atoms with E-state index in [0.29, 0.717) is 23.3 Å². The summed E-state index contributed by atoms with van der Waals surface area (Å²) < 4.78 is 21.3. The number of nitrogens with one attached hydrogen (secondary N) is 1. The third-order valence-corrected chi connectivity index (χ3v) is 5.12. The molecule has 0 radical (unpaired) electrons. The van der Waals surface area contributed by atoms with Gasteiger partial charge in [0.05, 0.1) is 28.4 Å². The van der Waals surface area contributed by atoms with Gasteiger partial charge in [0.25, 0.3) is 0 Å². The molecule has 2 heterocycles. The molecule has 34 heavy (non-hydrogen) atoms. The number of esters is 1. The van der Waals surface area contributed by atoms with E-state index in [1.54, 1.807) is 10.7 Å². The van der Waals surface area contributed by atoms with Gasteiger partial charge in [0.15, 0.2) is 12.3 Å². The number of carbonyl (C=O) groups excluding carboxylic acids is 3. The molecule has 0 aliphatic carbocycles. The fourth-order valence-electron chi connectivity index (χ4n) is 3.51. The minimum atomic E-state index is -0.825. The zero-order valence-electron chi connectivity index (χ0n) is 18.5. The summed E-state index contributed by atoms with van der Waals surface area (Å²) in [4.78, 5) is 41.2. The Labute approximate surface area is 194 Å². The van der Waals surface area contributed by atoms with Gasteiger partial charge in [0, 0.05) is 24.7 Å². The quantitative estimate of drug-likeness (QED) is 0.327. The molecule has 172 valence electrons. The van der Waals surface area contributed by atoms with Gasteiger partial charge in [0.1, 0.15) is 5.82 Å². The smallest absolute Gasteiger partial charge is 0.339 e. The Bertz CT molecular complexity index is 1400. The lowest BCUT2D eigenvalue weighted by Crippen LogP contribution is -2.16. The van der Waals surface area contributed by atoms with Crippen LogP contribution in [-0.4, -0.2) is 39.0 Å². The van der Waals surface area contributed by atoms with Crippen LogP contribution in [0, 0.1) is 5.82 Å². The average molecular weight is 460 g/mol. The number of aromatic nitrogens is 3. The number of pyridine rings is 1. The number of nitrogens with zero attached hydrogens (tertiary/aromatic N) is 3. The number of carbonyl (C=O) groups is 3. The van der Waals surface area contributed by atoms with Crippen LogP contribution < -0.4 is 5.32 Å². The predicted octanol–water partition coefficient (Wildman–Crippen LogP) is 4.26. The van der Waals surface area contributed by atoms with Gasteiger partial charge in [-0.3, -0.25) is 9.59 Å². The second-order valence-corrected chi connectivity index (χ2v) is 7.49. The molecule has 0 aliphatic rings. The highest BCUT2D eigenvalue weighted by atomic mass is 19.1. The number of benzene rings is 2. The van der Waals surface area contributed by atoms with Crippen LogP contribution in [0.3, 0.4) is 0 Å². The highest BCUT2D eigenvalue weighted by molar-refractivity contribution is 6.05. The number of ether oxygens (including phenoxy) is 1. The maximum Gasteiger partial charge on any atom is 0.339 e. The first-order valence-corrected chi connectivity index (χ1v) is 10.6. The van der Waals surface area contributed by atoms with Gasteiger partial charge in [0.2, 0.25) is 11.7 Å². The third kappa shape index (κ3) is 4.68. The number of rotatable bonds is 7. The third-order valence-electron chi connectivity index (χ3n) is 5.12. The van der Waals surface area contributed by atoms with Gasteiger partial charge >= 0.3 is 5.97 Å². The van der Waals surface area contributed by atoms with Crippen molar-refractivity contribution >= 4 is 34.4 Å². The van der Waals surface area contributed by atoms with Crippen molar-refractivity contribution in [1.29, 1.82) is 0 Å². The molecule has 0 unspecified atom stereocenters. The van der Waals surface area contributed by atoms with Crippen LogP contribution >= 0.6 is 0 Å². The lowest BCUT2D eigenvalue weighted by Gasteiger charge is -2.09. The summed E-state index contributed by atoms with van der Waals surface area (Å²) in [5.41, 5.74) is 2.06. The highest BCUT2D eigenvalue weighted by Gasteiger charge is 2.21. The van der Waals surface area contributed by atoms with Gasteiger partial charge < -0.3 is 10.1 Å². The van der Waals surface area contributed by atoms with Crippen LogP contribution in [0.15, 0.2) is 60.8 Å². The van der Waals surface area contributed by atoms with Gasteiger partial charge in [-0.1, -0.05) is 30.3 Å². The van der Waals surface area contributed by atoms with E-state index in [9.17, 15) is 18.8 Å². The average Bonchev–Trinajstić information content (AvgIpc) is 3.25. The molecular weight excluding hydrogens is 439 g/mol. The number of anilines is 1. The van der Waals surface area contributed by atoms with Gasteiger partial charge in [-0.25, -0.2) is 18.9 Å². The predicted molar refractivity (Wildman–Crippen MR) is 124 cm³/mol. The lowest BCUT2D eigenvalue weighted by atomic mass is 10.1. The largest absolute Gasteiger partial charge is 0.454 e. The Balaban J connectivity index is 1.59. The Morgan fingerprint density at radius 3 is 2.50 bits per heavy atom. The summed E-state index contributed by atoms with van der Waals surface area (Å²) in [5.74, 6) is -2.64. The van der Waals surface area contributed by atoms with E-state index in [2.05, 4.69) is 15.4 Å². The van der Waals surface area contributed by atoms with E-state index in [0.717, 1.165) is 11.6 Å². The van der Waals surface area contributed by atoms with E-state index in [-0.39, 0.29) is 22.7 Å². The van der Waals surface area contributed by atoms with Crippen molar-refractivity contribution in [2.24, 2.45) is 0 Å². The van der Waals surface area contributed by atoms with E-state index in [1.165, 1.54) is 25.3 Å². The number of hydrogen-bond acceptors (Lipinski definition) is 6. The summed E-state index contributed by atoms with van der Waals surface area (Å²) in [6, 6.07) is 14.6. The first-order valence-electron chi connectivity index (χ1n) is 10.6. The standard InChI is InChI=1S/C25H21FN4O4/c1-3-30-24-20(13-27-30)19(12-22(29-24)16-7-5-4-6-8-16)25(33)34-14-23(32)18-10-9-17(11-21(18)26)28-15(2)31/h4-13H,3,14H2,1-2H3,(H,28,31). The maximum atomic E-state index is 14.4. The van der Waals surface area contributed by atoms with E-state index in [4.69, 9.17) is 4.74 Å². The van der Waals surface area contributed by atoms with Crippen LogP contribution in [0.5, 0.6) is 0 Å². The van der Waals surface area contributed by atoms with Crippen LogP contribution in [0.2, 0.25) is 0 Å². The van der Waals surface area contributed by atoms with Gasteiger partial charge in [-0.2, -0.15) is 5.10 Å². The fraction of sp³-hybridized carbons (Fsp3) is 0.160. The van der Waals surface area contributed by atoms with E-state index in [1.807, 2.05) is 37.3 Å². The van der Waals surface area contributed by atoms with Crippen molar-refractivity contribution in [2.45, 2.75) is 20.4 Å². The summed E-state index contributed by atoms with van der Waals surface area (Å²) in [6.07, 6.45) is 1.53. The maximum absolute atomic E-state index is 14.4. The molecule has 8 nitrogen and oxygen atoms in total. The Hall–Kier alpha value is -4.40. The molecule has 2 aromatic heterocycles. The molecular formula is C25H21FN4O4. The molecule has 0 saturated heterocycles. The molecule has 0 saturated carbocycles. The van der Waals surface area contributed by atoms with Crippen molar-refractivity contribution in [1.82, 2.24) is 14.8 Å². The normalized spacial score (nSPS) is 10.8. The van der Waals surface area contributed by atoms with Crippen molar-refractivity contribution in [3.05, 3.63) is 77.7 Å². The monoisotopic (exact) mass is 460 g/mol. The number of hydrogen-bond donors (Lipinski definition) is 1. The number of Topliss-reactive ketones (excluding diaryl/α,β-unsaturated/α-hetero) is 1. The molecule has 4 rings (SSSR count). The first-order chi connectivity index (χ1) is 16.4. The number of aryl methyl sites for hydroxylation is 1. The molecule has 9 heteroatoms. The number of ketones is 1.